The molecule has 1 aromatic heterocycles. The molecule has 0 amide bonds. The molecule has 0 spiro atoms. The van der Waals surface area contributed by atoms with Crippen molar-refractivity contribution in [2.24, 2.45) is 0 Å². The summed E-state index contributed by atoms with van der Waals surface area (Å²) in [6.07, 6.45) is 1.17. The third-order valence-electron chi connectivity index (χ3n) is 7.61. The van der Waals surface area contributed by atoms with E-state index >= 15 is 0 Å². The zero-order valence-electron chi connectivity index (χ0n) is 22.4. The SMILES string of the molecule is CC(=O)c1c(O)c(C)c(O)c2c1OC1=CC(=O)/C(=C(/C)Nc3ccc(O)c(-c4nc5ccccc5s4)c3)C(=O)[C@@]12C. The number of hydrogen-bond acceptors (Lipinski definition) is 10. The van der Waals surface area contributed by atoms with Gasteiger partial charge in [-0.25, -0.2) is 4.98 Å². The maximum atomic E-state index is 14.1. The molecule has 10 heteroatoms. The van der Waals surface area contributed by atoms with Crippen LogP contribution in [0.25, 0.3) is 20.8 Å². The fourth-order valence-electron chi connectivity index (χ4n) is 5.41. The van der Waals surface area contributed by atoms with Gasteiger partial charge in [0.05, 0.1) is 26.9 Å². The molecule has 9 nitrogen and oxygen atoms in total. The Labute approximate surface area is 238 Å². The summed E-state index contributed by atoms with van der Waals surface area (Å²) in [5, 5.41) is 35.8. The van der Waals surface area contributed by atoms with Gasteiger partial charge in [-0.3, -0.25) is 14.4 Å². The van der Waals surface area contributed by atoms with Crippen LogP contribution in [0.5, 0.6) is 23.0 Å². The highest BCUT2D eigenvalue weighted by Gasteiger charge is 2.56. The smallest absolute Gasteiger partial charge is 0.194 e. The first kappa shape index (κ1) is 26.3. The molecular formula is C31H24N2O7S. The van der Waals surface area contributed by atoms with E-state index in [1.54, 1.807) is 19.1 Å². The topological polar surface area (TPSA) is 146 Å². The predicted molar refractivity (Wildman–Crippen MR) is 154 cm³/mol. The number of Topliss-reactive ketones (excluding diaryl/α,β-unsaturated/α-hetero) is 2. The number of benzene rings is 3. The number of allylic oxidation sites excluding steroid dienone is 4. The molecule has 1 aliphatic heterocycles. The number of nitrogens with one attached hydrogen (secondary N) is 1. The minimum Gasteiger partial charge on any atom is -0.507 e. The Hall–Kier alpha value is -4.96. The average Bonchev–Trinajstić information content (AvgIpc) is 3.48. The lowest BCUT2D eigenvalue weighted by Crippen LogP contribution is -2.40. The van der Waals surface area contributed by atoms with Gasteiger partial charge in [0.1, 0.15) is 44.7 Å². The van der Waals surface area contributed by atoms with Crippen molar-refractivity contribution in [2.75, 3.05) is 5.32 Å². The van der Waals surface area contributed by atoms with E-state index in [9.17, 15) is 29.7 Å². The van der Waals surface area contributed by atoms with Gasteiger partial charge < -0.3 is 25.4 Å². The summed E-state index contributed by atoms with van der Waals surface area (Å²) < 4.78 is 6.78. The highest BCUT2D eigenvalue weighted by Crippen LogP contribution is 2.57. The molecule has 2 aliphatic rings. The van der Waals surface area contributed by atoms with Crippen molar-refractivity contribution in [3.05, 3.63) is 82.3 Å². The number of phenolic OH excluding ortho intramolecular Hbond substituents is 3. The van der Waals surface area contributed by atoms with Gasteiger partial charge in [-0.1, -0.05) is 12.1 Å². The number of rotatable bonds is 4. The van der Waals surface area contributed by atoms with E-state index in [1.165, 1.54) is 44.3 Å². The molecule has 2 heterocycles. The first-order chi connectivity index (χ1) is 19.4. The van der Waals surface area contributed by atoms with Crippen LogP contribution in [0.3, 0.4) is 0 Å². The molecule has 3 aromatic carbocycles. The zero-order chi connectivity index (χ0) is 29.4. The van der Waals surface area contributed by atoms with Gasteiger partial charge in [0, 0.05) is 23.0 Å². The first-order valence-corrected chi connectivity index (χ1v) is 13.5. The van der Waals surface area contributed by atoms with E-state index < -0.39 is 28.5 Å². The summed E-state index contributed by atoms with van der Waals surface area (Å²) in [6.45, 7) is 5.76. The molecule has 0 radical (unpaired) electrons. The van der Waals surface area contributed by atoms with Crippen LogP contribution in [0.4, 0.5) is 5.69 Å². The van der Waals surface area contributed by atoms with E-state index in [2.05, 4.69) is 10.3 Å². The summed E-state index contributed by atoms with van der Waals surface area (Å²) in [5.41, 5.74) is 0.147. The van der Waals surface area contributed by atoms with E-state index in [0.717, 1.165) is 10.2 Å². The van der Waals surface area contributed by atoms with Crippen LogP contribution in [-0.2, 0) is 15.0 Å². The number of carbonyl (C=O) groups excluding carboxylic acids is 3. The van der Waals surface area contributed by atoms with Gasteiger partial charge in [0.15, 0.2) is 17.3 Å². The molecule has 0 bridgehead atoms. The number of aromatic hydroxyl groups is 3. The van der Waals surface area contributed by atoms with Gasteiger partial charge in [0.2, 0.25) is 0 Å². The van der Waals surface area contributed by atoms with E-state index in [4.69, 9.17) is 4.74 Å². The highest BCUT2D eigenvalue weighted by molar-refractivity contribution is 7.21. The third kappa shape index (κ3) is 3.75. The van der Waals surface area contributed by atoms with Crippen LogP contribution < -0.4 is 10.1 Å². The Morgan fingerprint density at radius 3 is 2.49 bits per heavy atom. The minimum absolute atomic E-state index is 0.0230. The molecular weight excluding hydrogens is 544 g/mol. The minimum atomic E-state index is -1.62. The maximum Gasteiger partial charge on any atom is 0.194 e. The number of fused-ring (bicyclic) bond motifs is 4. The molecule has 41 heavy (non-hydrogen) atoms. The number of thiazole rings is 1. The van der Waals surface area contributed by atoms with E-state index in [0.29, 0.717) is 16.3 Å². The molecule has 0 unspecified atom stereocenters. The number of ether oxygens (including phenoxy) is 1. The van der Waals surface area contributed by atoms with Crippen LogP contribution in [0.15, 0.2) is 65.6 Å². The molecule has 4 aromatic rings. The second-order valence-electron chi connectivity index (χ2n) is 10.2. The number of carbonyl (C=O) groups is 3. The fourth-order valence-corrected chi connectivity index (χ4v) is 6.40. The van der Waals surface area contributed by atoms with Gasteiger partial charge >= 0.3 is 0 Å². The number of anilines is 1. The quantitative estimate of drug-likeness (QED) is 0.106. The first-order valence-electron chi connectivity index (χ1n) is 12.7. The molecule has 0 saturated carbocycles. The number of ketones is 3. The molecule has 0 fully saturated rings. The Bertz CT molecular complexity index is 1900. The summed E-state index contributed by atoms with van der Waals surface area (Å²) in [4.78, 5) is 44.3. The fraction of sp³-hybridized carbons (Fsp3) is 0.161. The van der Waals surface area contributed by atoms with Gasteiger partial charge in [-0.15, -0.1) is 11.3 Å². The molecule has 6 rings (SSSR count). The van der Waals surface area contributed by atoms with Crippen LogP contribution in [0.1, 0.15) is 42.3 Å². The standard InChI is InChI=1S/C31H24N2O7S/c1-13-26(37)24(15(3)34)28-25(27(13)38)31(4)22(40-28)12-20(36)23(29(31)39)14(2)32-16-9-10-19(35)17(11-16)30-33-18-7-5-6-8-21(18)41-30/h5-12,32,35,37-38H,1-4H3/b23-14+/t31-/m0/s1. The van der Waals surface area contributed by atoms with Gasteiger partial charge in [-0.05, 0) is 58.0 Å². The van der Waals surface area contributed by atoms with Crippen LogP contribution in [-0.4, -0.2) is 37.7 Å². The molecule has 206 valence electrons. The summed E-state index contributed by atoms with van der Waals surface area (Å²) in [5.74, 6) is -2.75. The second kappa shape index (κ2) is 9.03. The Morgan fingerprint density at radius 2 is 1.78 bits per heavy atom. The Kier molecular flexibility index (Phi) is 5.79. The number of phenols is 3. The third-order valence-corrected chi connectivity index (χ3v) is 8.68. The molecule has 1 aliphatic carbocycles. The summed E-state index contributed by atoms with van der Waals surface area (Å²) in [7, 11) is 0. The Morgan fingerprint density at radius 1 is 1.05 bits per heavy atom. The number of aromatic nitrogens is 1. The highest BCUT2D eigenvalue weighted by atomic mass is 32.1. The summed E-state index contributed by atoms with van der Waals surface area (Å²) >= 11 is 1.42. The molecule has 0 saturated heterocycles. The van der Waals surface area contributed by atoms with Crippen molar-refractivity contribution < 1.29 is 34.4 Å². The predicted octanol–water partition coefficient (Wildman–Crippen LogP) is 5.66. The van der Waals surface area contributed by atoms with Crippen LogP contribution in [0, 0.1) is 6.92 Å². The zero-order valence-corrected chi connectivity index (χ0v) is 23.3. The summed E-state index contributed by atoms with van der Waals surface area (Å²) in [6, 6.07) is 12.4. The molecule has 1 atom stereocenters. The largest absolute Gasteiger partial charge is 0.507 e. The normalized spacial score (nSPS) is 19.0. The van der Waals surface area contributed by atoms with Crippen LogP contribution >= 0.6 is 11.3 Å². The monoisotopic (exact) mass is 568 g/mol. The van der Waals surface area contributed by atoms with Gasteiger partial charge in [0.25, 0.3) is 0 Å². The second-order valence-corrected chi connectivity index (χ2v) is 11.3. The van der Waals surface area contributed by atoms with E-state index in [1.807, 2.05) is 24.3 Å². The van der Waals surface area contributed by atoms with Crippen molar-refractivity contribution in [3.8, 4) is 33.6 Å². The van der Waals surface area contributed by atoms with Crippen LogP contribution in [0.2, 0.25) is 0 Å². The average molecular weight is 569 g/mol. The van der Waals surface area contributed by atoms with Crippen molar-refractivity contribution in [1.29, 1.82) is 0 Å². The van der Waals surface area contributed by atoms with Crippen molar-refractivity contribution in [1.82, 2.24) is 4.98 Å². The van der Waals surface area contributed by atoms with Crippen molar-refractivity contribution in [3.63, 3.8) is 0 Å². The number of hydrogen-bond donors (Lipinski definition) is 4. The van der Waals surface area contributed by atoms with Crippen molar-refractivity contribution >= 4 is 44.6 Å². The number of nitrogens with zero attached hydrogens (tertiary/aromatic N) is 1. The maximum absolute atomic E-state index is 14.1. The van der Waals surface area contributed by atoms with Gasteiger partial charge in [-0.2, -0.15) is 0 Å². The number of para-hydroxylation sites is 1. The molecule has 4 N–H and O–H groups in total. The van der Waals surface area contributed by atoms with E-state index in [-0.39, 0.29) is 51.0 Å². The lowest BCUT2D eigenvalue weighted by atomic mass is 9.70. The Balaban J connectivity index is 1.43. The lowest BCUT2D eigenvalue weighted by molar-refractivity contribution is -0.123. The lowest BCUT2D eigenvalue weighted by Gasteiger charge is -2.29. The van der Waals surface area contributed by atoms with Crippen molar-refractivity contribution in [2.45, 2.75) is 33.1 Å².